The lowest BCUT2D eigenvalue weighted by Crippen LogP contribution is -1.88. The molecule has 0 aliphatic heterocycles. The summed E-state index contributed by atoms with van der Waals surface area (Å²) in [6, 6.07) is 12.2. The first-order chi connectivity index (χ1) is 7.16. The molecule has 0 aliphatic carbocycles. The molecule has 0 nitrogen and oxygen atoms in total. The lowest BCUT2D eigenvalue weighted by atomic mass is 10.1. The Morgan fingerprint density at radius 3 is 2.67 bits per heavy atom. The van der Waals surface area contributed by atoms with E-state index >= 15 is 0 Å². The Hall–Kier alpha value is -0.310. The molecule has 1 atom stereocenters. The average Bonchev–Trinajstić information content (AvgIpc) is 2.64. The van der Waals surface area contributed by atoms with Crippen molar-refractivity contribution in [3.8, 4) is 0 Å². The highest BCUT2D eigenvalue weighted by atomic mass is 79.9. The fourth-order valence-corrected chi connectivity index (χ4v) is 3.22. The Morgan fingerprint density at radius 1 is 1.27 bits per heavy atom. The zero-order valence-electron chi connectivity index (χ0n) is 8.21. The van der Waals surface area contributed by atoms with Crippen LogP contribution in [0.15, 0.2) is 36.4 Å². The van der Waals surface area contributed by atoms with Crippen LogP contribution < -0.4 is 0 Å². The van der Waals surface area contributed by atoms with Crippen LogP contribution in [0.3, 0.4) is 0 Å². The van der Waals surface area contributed by atoms with Crippen LogP contribution in [0.4, 0.5) is 0 Å². The van der Waals surface area contributed by atoms with E-state index in [0.717, 1.165) is 5.02 Å². The third-order valence-electron chi connectivity index (χ3n) is 2.15. The molecule has 0 bridgehead atoms. The maximum absolute atomic E-state index is 5.96. The van der Waals surface area contributed by atoms with Crippen molar-refractivity contribution in [1.82, 2.24) is 0 Å². The second kappa shape index (κ2) is 4.69. The summed E-state index contributed by atoms with van der Waals surface area (Å²) < 4.78 is 0. The first-order valence-electron chi connectivity index (χ1n) is 4.62. The van der Waals surface area contributed by atoms with Crippen molar-refractivity contribution in [2.45, 2.75) is 11.8 Å². The predicted octanol–water partition coefficient (Wildman–Crippen LogP) is 5.19. The summed E-state index contributed by atoms with van der Waals surface area (Å²) in [7, 11) is 0. The fourth-order valence-electron chi connectivity index (χ4n) is 1.42. The number of thiophene rings is 1. The molecule has 3 heteroatoms. The first kappa shape index (κ1) is 11.2. The van der Waals surface area contributed by atoms with E-state index < -0.39 is 0 Å². The Morgan fingerprint density at radius 2 is 2.07 bits per heavy atom. The van der Waals surface area contributed by atoms with E-state index in [4.69, 9.17) is 11.6 Å². The van der Waals surface area contributed by atoms with Crippen LogP contribution in [0.2, 0.25) is 5.02 Å². The fraction of sp³-hybridized carbons (Fsp3) is 0.167. The summed E-state index contributed by atoms with van der Waals surface area (Å²) in [6.45, 7) is 2.12. The first-order valence-corrected chi connectivity index (χ1v) is 6.73. The molecule has 0 fully saturated rings. The maximum Gasteiger partial charge on any atom is 0.0738 e. The van der Waals surface area contributed by atoms with Gasteiger partial charge < -0.3 is 0 Å². The molecule has 1 heterocycles. The Balaban J connectivity index is 2.32. The van der Waals surface area contributed by atoms with Gasteiger partial charge in [-0.15, -0.1) is 11.3 Å². The largest absolute Gasteiger partial charge is 0.144 e. The molecule has 0 saturated heterocycles. The quantitative estimate of drug-likeness (QED) is 0.669. The van der Waals surface area contributed by atoms with Crippen molar-refractivity contribution in [3.63, 3.8) is 0 Å². The molecule has 0 aliphatic rings. The summed E-state index contributed by atoms with van der Waals surface area (Å²) in [4.78, 5) is 2.89. The van der Waals surface area contributed by atoms with Gasteiger partial charge in [-0.25, -0.2) is 0 Å². The smallest absolute Gasteiger partial charge is 0.0738 e. The van der Waals surface area contributed by atoms with Gasteiger partial charge >= 0.3 is 0 Å². The number of benzene rings is 1. The third-order valence-corrected chi connectivity index (χ3v) is 4.78. The van der Waals surface area contributed by atoms with Gasteiger partial charge in [0.05, 0.1) is 4.83 Å². The van der Waals surface area contributed by atoms with Crippen LogP contribution in [0.25, 0.3) is 0 Å². The van der Waals surface area contributed by atoms with Gasteiger partial charge in [0.2, 0.25) is 0 Å². The van der Waals surface area contributed by atoms with Gasteiger partial charge in [0, 0.05) is 14.8 Å². The van der Waals surface area contributed by atoms with Gasteiger partial charge in [-0.2, -0.15) is 0 Å². The summed E-state index contributed by atoms with van der Waals surface area (Å²) in [6.07, 6.45) is 0. The molecule has 0 N–H and O–H groups in total. The number of alkyl halides is 1. The number of hydrogen-bond acceptors (Lipinski definition) is 1. The molecule has 1 aromatic carbocycles. The van der Waals surface area contributed by atoms with Crippen LogP contribution in [0.5, 0.6) is 0 Å². The van der Waals surface area contributed by atoms with Crippen molar-refractivity contribution in [2.75, 3.05) is 0 Å². The highest BCUT2D eigenvalue weighted by Gasteiger charge is 2.12. The number of rotatable bonds is 2. The minimum absolute atomic E-state index is 0.245. The van der Waals surface area contributed by atoms with Gasteiger partial charge in [0.15, 0.2) is 0 Å². The standard InChI is InChI=1S/C12H10BrClS/c1-8-5-6-11(15-8)12(13)9-3-2-4-10(14)7-9/h2-7,12H,1H3. The Labute approximate surface area is 107 Å². The zero-order valence-corrected chi connectivity index (χ0v) is 11.4. The van der Waals surface area contributed by atoms with E-state index in [2.05, 4.69) is 41.1 Å². The van der Waals surface area contributed by atoms with E-state index in [1.54, 1.807) is 11.3 Å². The highest BCUT2D eigenvalue weighted by molar-refractivity contribution is 9.09. The minimum Gasteiger partial charge on any atom is -0.144 e. The van der Waals surface area contributed by atoms with Gasteiger partial charge in [0.25, 0.3) is 0 Å². The Kier molecular flexibility index (Phi) is 3.49. The van der Waals surface area contributed by atoms with Crippen molar-refractivity contribution in [1.29, 1.82) is 0 Å². The molecule has 78 valence electrons. The van der Waals surface area contributed by atoms with Gasteiger partial charge in [-0.3, -0.25) is 0 Å². The maximum atomic E-state index is 5.96. The molecular formula is C12H10BrClS. The second-order valence-electron chi connectivity index (χ2n) is 3.37. The molecule has 0 radical (unpaired) electrons. The average molecular weight is 302 g/mol. The lowest BCUT2D eigenvalue weighted by Gasteiger charge is -2.07. The van der Waals surface area contributed by atoms with Crippen LogP contribution in [-0.4, -0.2) is 0 Å². The summed E-state index contributed by atoms with van der Waals surface area (Å²) >= 11 is 11.5. The van der Waals surface area contributed by atoms with Gasteiger partial charge in [0.1, 0.15) is 0 Å². The lowest BCUT2D eigenvalue weighted by molar-refractivity contribution is 1.23. The minimum atomic E-state index is 0.245. The Bertz CT molecular complexity index is 464. The third kappa shape index (κ3) is 2.63. The van der Waals surface area contributed by atoms with Crippen LogP contribution in [-0.2, 0) is 0 Å². The summed E-state index contributed by atoms with van der Waals surface area (Å²) in [5, 5.41) is 0.783. The molecule has 15 heavy (non-hydrogen) atoms. The van der Waals surface area contributed by atoms with E-state index in [1.807, 2.05) is 18.2 Å². The predicted molar refractivity (Wildman–Crippen MR) is 71.3 cm³/mol. The van der Waals surface area contributed by atoms with Crippen molar-refractivity contribution in [2.24, 2.45) is 0 Å². The van der Waals surface area contributed by atoms with Crippen LogP contribution >= 0.6 is 38.9 Å². The summed E-state index contributed by atoms with van der Waals surface area (Å²) in [5.74, 6) is 0. The van der Waals surface area contributed by atoms with Crippen molar-refractivity contribution < 1.29 is 0 Å². The monoisotopic (exact) mass is 300 g/mol. The van der Waals surface area contributed by atoms with Crippen LogP contribution in [0, 0.1) is 6.92 Å². The molecule has 2 rings (SSSR count). The van der Waals surface area contributed by atoms with Crippen molar-refractivity contribution >= 4 is 38.9 Å². The van der Waals surface area contributed by atoms with E-state index in [9.17, 15) is 0 Å². The van der Waals surface area contributed by atoms with Crippen LogP contribution in [0.1, 0.15) is 20.1 Å². The molecule has 0 saturated carbocycles. The second-order valence-corrected chi connectivity index (χ2v) is 6.04. The molecule has 0 amide bonds. The van der Waals surface area contributed by atoms with Crippen molar-refractivity contribution in [3.05, 3.63) is 56.7 Å². The number of aryl methyl sites for hydroxylation is 1. The number of halogens is 2. The molecule has 2 aromatic rings. The van der Waals surface area contributed by atoms with Gasteiger partial charge in [-0.1, -0.05) is 39.7 Å². The molecular weight excluding hydrogens is 292 g/mol. The van der Waals surface area contributed by atoms with E-state index in [1.165, 1.54) is 15.3 Å². The highest BCUT2D eigenvalue weighted by Crippen LogP contribution is 2.35. The topological polar surface area (TPSA) is 0 Å². The summed E-state index contributed by atoms with van der Waals surface area (Å²) in [5.41, 5.74) is 1.20. The zero-order chi connectivity index (χ0) is 10.8. The van der Waals surface area contributed by atoms with Gasteiger partial charge in [-0.05, 0) is 36.8 Å². The SMILES string of the molecule is Cc1ccc(C(Br)c2cccc(Cl)c2)s1. The molecule has 1 unspecified atom stereocenters. The molecule has 1 aromatic heterocycles. The molecule has 0 spiro atoms. The van der Waals surface area contributed by atoms with E-state index in [0.29, 0.717) is 0 Å². The number of hydrogen-bond donors (Lipinski definition) is 0. The normalized spacial score (nSPS) is 12.7. The van der Waals surface area contributed by atoms with E-state index in [-0.39, 0.29) is 4.83 Å².